The highest BCUT2D eigenvalue weighted by Crippen LogP contribution is 2.12. The first-order valence-electron chi connectivity index (χ1n) is 6.00. The SMILES string of the molecule is COCc1nc(CCNc2ccc(C)cc2)cs1. The molecule has 1 N–H and O–H groups in total. The number of aryl methyl sites for hydroxylation is 1. The van der Waals surface area contributed by atoms with Gasteiger partial charge in [0.05, 0.1) is 12.3 Å². The Balaban J connectivity index is 1.79. The first kappa shape index (κ1) is 13.1. The van der Waals surface area contributed by atoms with Crippen LogP contribution in [0.1, 0.15) is 16.3 Å². The smallest absolute Gasteiger partial charge is 0.119 e. The van der Waals surface area contributed by atoms with Crippen molar-refractivity contribution in [1.29, 1.82) is 0 Å². The molecule has 2 rings (SSSR count). The summed E-state index contributed by atoms with van der Waals surface area (Å²) >= 11 is 1.66. The molecule has 0 spiro atoms. The van der Waals surface area contributed by atoms with E-state index in [1.165, 1.54) is 5.56 Å². The van der Waals surface area contributed by atoms with Crippen molar-refractivity contribution in [3.63, 3.8) is 0 Å². The third-order valence-electron chi connectivity index (χ3n) is 2.63. The molecule has 1 aromatic carbocycles. The van der Waals surface area contributed by atoms with Crippen molar-refractivity contribution in [3.8, 4) is 0 Å². The lowest BCUT2D eigenvalue weighted by atomic mass is 10.2. The van der Waals surface area contributed by atoms with Crippen molar-refractivity contribution in [2.24, 2.45) is 0 Å². The molecule has 96 valence electrons. The lowest BCUT2D eigenvalue weighted by molar-refractivity contribution is 0.184. The number of thiazole rings is 1. The van der Waals surface area contributed by atoms with E-state index in [4.69, 9.17) is 4.74 Å². The maximum Gasteiger partial charge on any atom is 0.119 e. The molecule has 18 heavy (non-hydrogen) atoms. The van der Waals surface area contributed by atoms with Gasteiger partial charge in [-0.2, -0.15) is 0 Å². The Morgan fingerprint density at radius 2 is 2.06 bits per heavy atom. The van der Waals surface area contributed by atoms with Crippen LogP contribution in [0.5, 0.6) is 0 Å². The molecule has 0 radical (unpaired) electrons. The number of rotatable bonds is 6. The number of hydrogen-bond donors (Lipinski definition) is 1. The second-order valence-electron chi connectivity index (χ2n) is 4.21. The molecule has 0 bridgehead atoms. The van der Waals surface area contributed by atoms with E-state index in [1.54, 1.807) is 18.4 Å². The highest BCUT2D eigenvalue weighted by molar-refractivity contribution is 7.09. The van der Waals surface area contributed by atoms with Gasteiger partial charge in [-0.3, -0.25) is 0 Å². The Kier molecular flexibility index (Phi) is 4.73. The highest BCUT2D eigenvalue weighted by Gasteiger charge is 2.01. The Hall–Kier alpha value is -1.39. The molecule has 0 aliphatic rings. The average molecular weight is 262 g/mol. The van der Waals surface area contributed by atoms with Crippen LogP contribution < -0.4 is 5.32 Å². The monoisotopic (exact) mass is 262 g/mol. The van der Waals surface area contributed by atoms with E-state index in [0.717, 1.165) is 29.4 Å². The Labute approximate surface area is 112 Å². The Bertz CT molecular complexity index is 479. The lowest BCUT2D eigenvalue weighted by Gasteiger charge is -2.05. The van der Waals surface area contributed by atoms with Crippen LogP contribution in [-0.2, 0) is 17.8 Å². The van der Waals surface area contributed by atoms with Crippen molar-refractivity contribution in [3.05, 3.63) is 45.9 Å². The number of anilines is 1. The number of nitrogens with zero attached hydrogens (tertiary/aromatic N) is 1. The number of hydrogen-bond acceptors (Lipinski definition) is 4. The summed E-state index contributed by atoms with van der Waals surface area (Å²) in [4.78, 5) is 4.50. The summed E-state index contributed by atoms with van der Waals surface area (Å²) in [5.74, 6) is 0. The van der Waals surface area contributed by atoms with E-state index in [9.17, 15) is 0 Å². The average Bonchev–Trinajstić information content (AvgIpc) is 2.80. The molecule has 0 aliphatic carbocycles. The maximum absolute atomic E-state index is 5.06. The van der Waals surface area contributed by atoms with Crippen LogP contribution in [0, 0.1) is 6.92 Å². The van der Waals surface area contributed by atoms with E-state index in [0.29, 0.717) is 6.61 Å². The number of nitrogens with one attached hydrogen (secondary N) is 1. The van der Waals surface area contributed by atoms with Gasteiger partial charge in [0.1, 0.15) is 5.01 Å². The molecule has 3 nitrogen and oxygen atoms in total. The molecule has 1 aromatic heterocycles. The molecule has 0 atom stereocenters. The minimum absolute atomic E-state index is 0.607. The van der Waals surface area contributed by atoms with E-state index in [2.05, 4.69) is 46.9 Å². The number of methoxy groups -OCH3 is 1. The zero-order chi connectivity index (χ0) is 12.8. The summed E-state index contributed by atoms with van der Waals surface area (Å²) in [5.41, 5.74) is 3.57. The van der Waals surface area contributed by atoms with Gasteiger partial charge in [-0.25, -0.2) is 4.98 Å². The predicted octanol–water partition coefficient (Wildman–Crippen LogP) is 3.25. The van der Waals surface area contributed by atoms with Crippen LogP contribution in [0.25, 0.3) is 0 Å². The topological polar surface area (TPSA) is 34.1 Å². The standard InChI is InChI=1S/C14H18N2OS/c1-11-3-5-12(6-4-11)15-8-7-13-10-18-14(16-13)9-17-2/h3-6,10,15H,7-9H2,1-2H3. The second-order valence-corrected chi connectivity index (χ2v) is 5.15. The van der Waals surface area contributed by atoms with Gasteiger partial charge in [-0.05, 0) is 19.1 Å². The zero-order valence-electron chi connectivity index (χ0n) is 10.8. The molecule has 0 saturated carbocycles. The third kappa shape index (κ3) is 3.82. The van der Waals surface area contributed by atoms with E-state index >= 15 is 0 Å². The van der Waals surface area contributed by atoms with Gasteiger partial charge in [0, 0.05) is 31.1 Å². The van der Waals surface area contributed by atoms with Gasteiger partial charge in [0.15, 0.2) is 0 Å². The molecule has 4 heteroatoms. The van der Waals surface area contributed by atoms with Crippen LogP contribution in [0.4, 0.5) is 5.69 Å². The summed E-state index contributed by atoms with van der Waals surface area (Å²) in [7, 11) is 1.69. The summed E-state index contributed by atoms with van der Waals surface area (Å²) in [5, 5.41) is 6.54. The fraction of sp³-hybridized carbons (Fsp3) is 0.357. The number of aromatic nitrogens is 1. The molecule has 1 heterocycles. The minimum Gasteiger partial charge on any atom is -0.385 e. The lowest BCUT2D eigenvalue weighted by Crippen LogP contribution is -2.05. The maximum atomic E-state index is 5.06. The normalized spacial score (nSPS) is 10.6. The number of benzene rings is 1. The van der Waals surface area contributed by atoms with Crippen molar-refractivity contribution < 1.29 is 4.74 Å². The fourth-order valence-corrected chi connectivity index (χ4v) is 2.46. The summed E-state index contributed by atoms with van der Waals surface area (Å²) < 4.78 is 5.06. The molecule has 0 unspecified atom stereocenters. The van der Waals surface area contributed by atoms with Crippen LogP contribution in [0.15, 0.2) is 29.6 Å². The molecular formula is C14H18N2OS. The first-order chi connectivity index (χ1) is 8.78. The molecule has 0 aliphatic heterocycles. The summed E-state index contributed by atoms with van der Waals surface area (Å²) in [6.45, 7) is 3.60. The van der Waals surface area contributed by atoms with E-state index in [-0.39, 0.29) is 0 Å². The van der Waals surface area contributed by atoms with Crippen molar-refractivity contribution in [2.45, 2.75) is 20.0 Å². The van der Waals surface area contributed by atoms with Gasteiger partial charge in [0.25, 0.3) is 0 Å². The quantitative estimate of drug-likeness (QED) is 0.867. The fourth-order valence-electron chi connectivity index (χ4n) is 1.66. The van der Waals surface area contributed by atoms with Gasteiger partial charge in [-0.1, -0.05) is 17.7 Å². The van der Waals surface area contributed by atoms with Crippen LogP contribution in [-0.4, -0.2) is 18.6 Å². The second kappa shape index (κ2) is 6.52. The Morgan fingerprint density at radius 3 is 2.78 bits per heavy atom. The molecule has 0 fully saturated rings. The van der Waals surface area contributed by atoms with E-state index < -0.39 is 0 Å². The molecular weight excluding hydrogens is 244 g/mol. The van der Waals surface area contributed by atoms with Gasteiger partial charge in [-0.15, -0.1) is 11.3 Å². The number of ether oxygens (including phenoxy) is 1. The van der Waals surface area contributed by atoms with Crippen LogP contribution in [0.3, 0.4) is 0 Å². The van der Waals surface area contributed by atoms with Gasteiger partial charge in [0.2, 0.25) is 0 Å². The van der Waals surface area contributed by atoms with E-state index in [1.807, 2.05) is 0 Å². The van der Waals surface area contributed by atoms with Crippen LogP contribution >= 0.6 is 11.3 Å². The van der Waals surface area contributed by atoms with Gasteiger partial charge < -0.3 is 10.1 Å². The van der Waals surface area contributed by atoms with Gasteiger partial charge >= 0.3 is 0 Å². The highest BCUT2D eigenvalue weighted by atomic mass is 32.1. The zero-order valence-corrected chi connectivity index (χ0v) is 11.6. The summed E-state index contributed by atoms with van der Waals surface area (Å²) in [6, 6.07) is 8.43. The van der Waals surface area contributed by atoms with Crippen molar-refractivity contribution >= 4 is 17.0 Å². The van der Waals surface area contributed by atoms with Crippen molar-refractivity contribution in [1.82, 2.24) is 4.98 Å². The third-order valence-corrected chi connectivity index (χ3v) is 3.50. The molecule has 0 saturated heterocycles. The summed E-state index contributed by atoms with van der Waals surface area (Å²) in [6.07, 6.45) is 0.939. The first-order valence-corrected chi connectivity index (χ1v) is 6.88. The minimum atomic E-state index is 0.607. The van der Waals surface area contributed by atoms with Crippen LogP contribution in [0.2, 0.25) is 0 Å². The largest absolute Gasteiger partial charge is 0.385 e. The Morgan fingerprint density at radius 1 is 1.28 bits per heavy atom. The molecule has 2 aromatic rings. The molecule has 0 amide bonds. The predicted molar refractivity (Wildman–Crippen MR) is 76.2 cm³/mol. The van der Waals surface area contributed by atoms with Crippen molar-refractivity contribution in [2.75, 3.05) is 19.0 Å².